The molecule has 0 radical (unpaired) electrons. The quantitative estimate of drug-likeness (QED) is 0.882. The summed E-state index contributed by atoms with van der Waals surface area (Å²) in [6.45, 7) is 0.395. The smallest absolute Gasteiger partial charge is 0.255 e. The molecule has 140 valence electrons. The Balaban J connectivity index is 1.56. The van der Waals surface area contributed by atoms with E-state index in [2.05, 4.69) is 5.32 Å². The Bertz CT molecular complexity index is 1060. The SMILES string of the molecule is CS(=O)(=O)N1CCc2cc(C(=O)Nc3ccc4c(c3)C(=O)CCC4)ccc21. The van der Waals surface area contributed by atoms with Crippen LogP contribution in [0.2, 0.25) is 0 Å². The maximum Gasteiger partial charge on any atom is 0.255 e. The molecule has 0 saturated heterocycles. The van der Waals surface area contributed by atoms with Crippen LogP contribution < -0.4 is 9.62 Å². The van der Waals surface area contributed by atoms with Gasteiger partial charge in [0, 0.05) is 29.8 Å². The minimum atomic E-state index is -3.31. The Kier molecular flexibility index (Phi) is 4.26. The second kappa shape index (κ2) is 6.49. The van der Waals surface area contributed by atoms with Gasteiger partial charge in [0.25, 0.3) is 5.91 Å². The Morgan fingerprint density at radius 1 is 1.04 bits per heavy atom. The van der Waals surface area contributed by atoms with E-state index in [1.54, 1.807) is 24.3 Å². The van der Waals surface area contributed by atoms with Crippen molar-refractivity contribution in [1.82, 2.24) is 0 Å². The molecular weight excluding hydrogens is 364 g/mol. The summed E-state index contributed by atoms with van der Waals surface area (Å²) in [6, 6.07) is 10.5. The second-order valence-electron chi connectivity index (χ2n) is 7.03. The zero-order valence-corrected chi connectivity index (χ0v) is 15.8. The standard InChI is InChI=1S/C20H20N2O4S/c1-27(25,26)22-10-9-14-11-15(6-8-18(14)22)20(24)21-16-7-5-13-3-2-4-19(23)17(13)12-16/h5-8,11-12H,2-4,9-10H2,1H3,(H,21,24). The molecule has 2 aromatic carbocycles. The summed E-state index contributed by atoms with van der Waals surface area (Å²) in [4.78, 5) is 24.7. The number of Topliss-reactive ketones (excluding diaryl/α,β-unsaturated/α-hetero) is 1. The van der Waals surface area contributed by atoms with Crippen molar-refractivity contribution in [2.75, 3.05) is 22.4 Å². The fraction of sp³-hybridized carbons (Fsp3) is 0.300. The molecule has 2 aromatic rings. The van der Waals surface area contributed by atoms with Gasteiger partial charge in [0.1, 0.15) is 0 Å². The van der Waals surface area contributed by atoms with Crippen LogP contribution in [0.3, 0.4) is 0 Å². The van der Waals surface area contributed by atoms with Gasteiger partial charge in [-0.25, -0.2) is 8.42 Å². The molecule has 0 fully saturated rings. The van der Waals surface area contributed by atoms with E-state index in [-0.39, 0.29) is 11.7 Å². The first-order valence-corrected chi connectivity index (χ1v) is 10.8. The number of amides is 1. The van der Waals surface area contributed by atoms with Crippen LogP contribution in [0.15, 0.2) is 36.4 Å². The van der Waals surface area contributed by atoms with Crippen molar-refractivity contribution in [3.8, 4) is 0 Å². The number of sulfonamides is 1. The van der Waals surface area contributed by atoms with Crippen molar-refractivity contribution in [1.29, 1.82) is 0 Å². The summed E-state index contributed by atoms with van der Waals surface area (Å²) in [5.74, 6) is -0.162. The third kappa shape index (κ3) is 3.35. The van der Waals surface area contributed by atoms with Crippen LogP contribution in [0.25, 0.3) is 0 Å². The monoisotopic (exact) mass is 384 g/mol. The van der Waals surface area contributed by atoms with E-state index in [1.165, 1.54) is 10.6 Å². The van der Waals surface area contributed by atoms with E-state index in [9.17, 15) is 18.0 Å². The third-order valence-electron chi connectivity index (χ3n) is 5.11. The Morgan fingerprint density at radius 2 is 1.85 bits per heavy atom. The fourth-order valence-corrected chi connectivity index (χ4v) is 4.72. The van der Waals surface area contributed by atoms with Crippen LogP contribution in [0.4, 0.5) is 11.4 Å². The van der Waals surface area contributed by atoms with Gasteiger partial charge in [-0.2, -0.15) is 0 Å². The first-order chi connectivity index (χ1) is 12.8. The number of carbonyl (C=O) groups excluding carboxylic acids is 2. The number of carbonyl (C=O) groups is 2. The predicted octanol–water partition coefficient (Wildman–Crippen LogP) is 2.78. The highest BCUT2D eigenvalue weighted by Crippen LogP contribution is 2.31. The minimum Gasteiger partial charge on any atom is -0.322 e. The van der Waals surface area contributed by atoms with Crippen molar-refractivity contribution in [3.63, 3.8) is 0 Å². The zero-order chi connectivity index (χ0) is 19.2. The van der Waals surface area contributed by atoms with E-state index >= 15 is 0 Å². The van der Waals surface area contributed by atoms with Gasteiger partial charge in [-0.1, -0.05) is 6.07 Å². The third-order valence-corrected chi connectivity index (χ3v) is 6.29. The van der Waals surface area contributed by atoms with E-state index in [0.29, 0.717) is 41.9 Å². The molecule has 0 atom stereocenters. The summed E-state index contributed by atoms with van der Waals surface area (Å²) < 4.78 is 25.0. The molecular formula is C20H20N2O4S. The number of aryl methyl sites for hydroxylation is 1. The number of hydrogen-bond donors (Lipinski definition) is 1. The molecule has 1 N–H and O–H groups in total. The molecule has 1 aliphatic carbocycles. The predicted molar refractivity (Wildman–Crippen MR) is 104 cm³/mol. The maximum absolute atomic E-state index is 12.6. The van der Waals surface area contributed by atoms with Gasteiger partial charge in [0.15, 0.2) is 5.78 Å². The van der Waals surface area contributed by atoms with Gasteiger partial charge in [-0.05, 0) is 60.7 Å². The number of ketones is 1. The first kappa shape index (κ1) is 17.7. The van der Waals surface area contributed by atoms with Crippen LogP contribution in [0.1, 0.15) is 44.7 Å². The molecule has 2 aliphatic rings. The van der Waals surface area contributed by atoms with Gasteiger partial charge in [0.2, 0.25) is 10.0 Å². The second-order valence-corrected chi connectivity index (χ2v) is 8.94. The Morgan fingerprint density at radius 3 is 2.63 bits per heavy atom. The van der Waals surface area contributed by atoms with Crippen molar-refractivity contribution in [3.05, 3.63) is 58.7 Å². The fourth-order valence-electron chi connectivity index (χ4n) is 3.77. The Labute approximate surface area is 158 Å². The largest absolute Gasteiger partial charge is 0.322 e. The number of nitrogens with zero attached hydrogens (tertiary/aromatic N) is 1. The molecule has 7 heteroatoms. The number of nitrogens with one attached hydrogen (secondary N) is 1. The summed E-state index contributed by atoms with van der Waals surface area (Å²) in [5.41, 5.74) is 4.25. The number of hydrogen-bond acceptors (Lipinski definition) is 4. The van der Waals surface area contributed by atoms with Gasteiger partial charge >= 0.3 is 0 Å². The lowest BCUT2D eigenvalue weighted by Gasteiger charge is -2.17. The highest BCUT2D eigenvalue weighted by molar-refractivity contribution is 7.92. The molecule has 1 aliphatic heterocycles. The molecule has 0 aromatic heterocycles. The molecule has 1 heterocycles. The Hall–Kier alpha value is -2.67. The number of fused-ring (bicyclic) bond motifs is 2. The normalized spacial score (nSPS) is 16.0. The van der Waals surface area contributed by atoms with E-state index in [1.807, 2.05) is 12.1 Å². The van der Waals surface area contributed by atoms with Gasteiger partial charge < -0.3 is 5.32 Å². The summed E-state index contributed by atoms with van der Waals surface area (Å²) in [6.07, 6.45) is 4.07. The maximum atomic E-state index is 12.6. The lowest BCUT2D eigenvalue weighted by Crippen LogP contribution is -2.27. The lowest BCUT2D eigenvalue weighted by molar-refractivity contribution is 0.0970. The molecule has 4 rings (SSSR count). The van der Waals surface area contributed by atoms with Crippen LogP contribution in [-0.4, -0.2) is 32.9 Å². The van der Waals surface area contributed by atoms with Crippen molar-refractivity contribution in [2.24, 2.45) is 0 Å². The molecule has 0 saturated carbocycles. The van der Waals surface area contributed by atoms with Crippen LogP contribution in [0.5, 0.6) is 0 Å². The zero-order valence-electron chi connectivity index (χ0n) is 15.0. The van der Waals surface area contributed by atoms with Gasteiger partial charge in [-0.3, -0.25) is 13.9 Å². The summed E-state index contributed by atoms with van der Waals surface area (Å²) in [5, 5.41) is 2.84. The molecule has 0 spiro atoms. The molecule has 6 nitrogen and oxygen atoms in total. The van der Waals surface area contributed by atoms with Gasteiger partial charge in [-0.15, -0.1) is 0 Å². The topological polar surface area (TPSA) is 83.6 Å². The molecule has 27 heavy (non-hydrogen) atoms. The van der Waals surface area contributed by atoms with Crippen LogP contribution >= 0.6 is 0 Å². The number of benzene rings is 2. The van der Waals surface area contributed by atoms with Gasteiger partial charge in [0.05, 0.1) is 11.9 Å². The van der Waals surface area contributed by atoms with Crippen molar-refractivity contribution < 1.29 is 18.0 Å². The molecule has 0 unspecified atom stereocenters. The first-order valence-electron chi connectivity index (χ1n) is 8.91. The van der Waals surface area contributed by atoms with E-state index in [0.717, 1.165) is 24.0 Å². The summed E-state index contributed by atoms with van der Waals surface area (Å²) >= 11 is 0. The lowest BCUT2D eigenvalue weighted by atomic mass is 9.90. The van der Waals surface area contributed by atoms with Crippen LogP contribution in [0, 0.1) is 0 Å². The molecule has 1 amide bonds. The average Bonchev–Trinajstić information content (AvgIpc) is 3.06. The number of rotatable bonds is 3. The minimum absolute atomic E-state index is 0.116. The number of anilines is 2. The molecule has 0 bridgehead atoms. The van der Waals surface area contributed by atoms with Crippen LogP contribution in [-0.2, 0) is 22.9 Å². The highest BCUT2D eigenvalue weighted by atomic mass is 32.2. The van der Waals surface area contributed by atoms with E-state index in [4.69, 9.17) is 0 Å². The average molecular weight is 384 g/mol. The highest BCUT2D eigenvalue weighted by Gasteiger charge is 2.27. The van der Waals surface area contributed by atoms with Crippen molar-refractivity contribution >= 4 is 33.1 Å². The van der Waals surface area contributed by atoms with Crippen molar-refractivity contribution in [2.45, 2.75) is 25.7 Å². The summed E-state index contributed by atoms with van der Waals surface area (Å²) in [7, 11) is -3.31. The van der Waals surface area contributed by atoms with E-state index < -0.39 is 10.0 Å².